The summed E-state index contributed by atoms with van der Waals surface area (Å²) >= 11 is 0. The van der Waals surface area contributed by atoms with Crippen LogP contribution in [0.2, 0.25) is 0 Å². The van der Waals surface area contributed by atoms with Crippen LogP contribution in [0.4, 0.5) is 14.5 Å². The predicted octanol–water partition coefficient (Wildman–Crippen LogP) is 1.05. The van der Waals surface area contributed by atoms with Crippen molar-refractivity contribution in [2.24, 2.45) is 0 Å². The van der Waals surface area contributed by atoms with E-state index in [0.717, 1.165) is 12.1 Å². The molecule has 7 nitrogen and oxygen atoms in total. The van der Waals surface area contributed by atoms with Crippen molar-refractivity contribution in [2.45, 2.75) is 18.9 Å². The van der Waals surface area contributed by atoms with Crippen LogP contribution in [0.3, 0.4) is 0 Å². The Hall–Kier alpha value is -2.71. The third-order valence-corrected chi connectivity index (χ3v) is 2.80. The van der Waals surface area contributed by atoms with Crippen molar-refractivity contribution in [3.05, 3.63) is 29.3 Å². The van der Waals surface area contributed by atoms with E-state index in [2.05, 4.69) is 5.32 Å². The zero-order valence-corrected chi connectivity index (χ0v) is 11.5. The van der Waals surface area contributed by atoms with E-state index in [1.165, 1.54) is 7.05 Å². The number of hydrogen-bond acceptors (Lipinski definition) is 4. The number of amides is 1. The lowest BCUT2D eigenvalue weighted by molar-refractivity contribution is -0.140. The summed E-state index contributed by atoms with van der Waals surface area (Å²) in [6.07, 6.45) is -0.825. The molecule has 0 heterocycles. The molecule has 1 aromatic rings. The first kappa shape index (κ1) is 17.3. The molecule has 0 fully saturated rings. The normalized spacial score (nSPS) is 11.6. The molecule has 0 bridgehead atoms. The molecule has 0 aliphatic rings. The van der Waals surface area contributed by atoms with Gasteiger partial charge < -0.3 is 20.8 Å². The third kappa shape index (κ3) is 4.40. The molecule has 9 heteroatoms. The number of aliphatic carboxylic acids is 2. The Labute approximate surface area is 123 Å². The highest BCUT2D eigenvalue weighted by molar-refractivity contribution is 5.97. The molecule has 0 radical (unpaired) electrons. The molecule has 120 valence electrons. The van der Waals surface area contributed by atoms with Crippen molar-refractivity contribution >= 4 is 23.5 Å². The predicted molar refractivity (Wildman–Crippen MR) is 71.7 cm³/mol. The highest BCUT2D eigenvalue weighted by Crippen LogP contribution is 2.20. The summed E-state index contributed by atoms with van der Waals surface area (Å²) < 4.78 is 27.1. The van der Waals surface area contributed by atoms with Crippen LogP contribution in [-0.4, -0.2) is 41.1 Å². The summed E-state index contributed by atoms with van der Waals surface area (Å²) in [4.78, 5) is 33.2. The highest BCUT2D eigenvalue weighted by atomic mass is 19.1. The highest BCUT2D eigenvalue weighted by Gasteiger charge is 2.23. The average Bonchev–Trinajstić information content (AvgIpc) is 2.42. The number of anilines is 1. The molecule has 1 aromatic carbocycles. The second-order valence-corrected chi connectivity index (χ2v) is 4.36. The van der Waals surface area contributed by atoms with Crippen LogP contribution in [0, 0.1) is 11.6 Å². The van der Waals surface area contributed by atoms with Gasteiger partial charge in [-0.2, -0.15) is 0 Å². The van der Waals surface area contributed by atoms with Gasteiger partial charge in [-0.15, -0.1) is 0 Å². The summed E-state index contributed by atoms with van der Waals surface area (Å²) in [6, 6.07) is 0.0273. The van der Waals surface area contributed by atoms with Gasteiger partial charge in [0, 0.05) is 19.0 Å². The van der Waals surface area contributed by atoms with E-state index in [0.29, 0.717) is 0 Å². The molecule has 0 unspecified atom stereocenters. The van der Waals surface area contributed by atoms with Crippen LogP contribution in [-0.2, 0) is 9.59 Å². The first-order valence-electron chi connectivity index (χ1n) is 6.18. The molecule has 0 saturated carbocycles. The van der Waals surface area contributed by atoms with Crippen LogP contribution in [0.25, 0.3) is 0 Å². The Morgan fingerprint density at radius 3 is 2.14 bits per heavy atom. The second-order valence-electron chi connectivity index (χ2n) is 4.36. The van der Waals surface area contributed by atoms with E-state index in [1.807, 2.05) is 5.32 Å². The number of benzene rings is 1. The largest absolute Gasteiger partial charge is 0.481 e. The molecule has 0 aliphatic carbocycles. The van der Waals surface area contributed by atoms with Crippen molar-refractivity contribution in [1.82, 2.24) is 5.32 Å². The number of carbonyl (C=O) groups excluding carboxylic acids is 1. The zero-order valence-electron chi connectivity index (χ0n) is 11.5. The van der Waals surface area contributed by atoms with E-state index in [4.69, 9.17) is 10.2 Å². The van der Waals surface area contributed by atoms with Gasteiger partial charge in [0.2, 0.25) is 0 Å². The number of rotatable bonds is 7. The fourth-order valence-corrected chi connectivity index (χ4v) is 1.71. The molecule has 4 N–H and O–H groups in total. The molecule has 0 aromatic heterocycles. The van der Waals surface area contributed by atoms with Gasteiger partial charge in [0.05, 0.1) is 0 Å². The van der Waals surface area contributed by atoms with E-state index in [9.17, 15) is 23.2 Å². The fourth-order valence-electron chi connectivity index (χ4n) is 1.71. The van der Waals surface area contributed by atoms with Gasteiger partial charge >= 0.3 is 11.9 Å². The van der Waals surface area contributed by atoms with Crippen LogP contribution < -0.4 is 10.6 Å². The van der Waals surface area contributed by atoms with Crippen molar-refractivity contribution in [3.8, 4) is 0 Å². The number of carboxylic acid groups (broad SMARTS) is 2. The molecular formula is C13H14F2N2O5. The summed E-state index contributed by atoms with van der Waals surface area (Å²) in [7, 11) is 1.30. The SMILES string of the molecule is CNc1c(F)cc(C(=O)N[C@@H](CCC(=O)O)C(=O)O)cc1F. The fraction of sp³-hybridized carbons (Fsp3) is 0.308. The Balaban J connectivity index is 2.90. The minimum Gasteiger partial charge on any atom is -0.481 e. The first-order chi connectivity index (χ1) is 10.3. The van der Waals surface area contributed by atoms with Crippen LogP contribution in [0.1, 0.15) is 23.2 Å². The summed E-state index contributed by atoms with van der Waals surface area (Å²) in [6.45, 7) is 0. The standard InChI is InChI=1S/C13H14F2N2O5/c1-16-11-7(14)4-6(5-8(11)15)12(20)17-9(13(21)22)2-3-10(18)19/h4-5,9,16H,2-3H2,1H3,(H,17,20)(H,18,19)(H,21,22)/t9-/m0/s1. The monoisotopic (exact) mass is 316 g/mol. The third-order valence-electron chi connectivity index (χ3n) is 2.80. The number of nitrogens with one attached hydrogen (secondary N) is 2. The molecule has 1 atom stereocenters. The Kier molecular flexibility index (Phi) is 5.79. The Morgan fingerprint density at radius 1 is 1.18 bits per heavy atom. The molecule has 0 aliphatic heterocycles. The molecule has 1 rings (SSSR count). The number of hydrogen-bond donors (Lipinski definition) is 4. The van der Waals surface area contributed by atoms with Gasteiger partial charge in [0.15, 0.2) is 0 Å². The van der Waals surface area contributed by atoms with Gasteiger partial charge in [0.1, 0.15) is 23.4 Å². The summed E-state index contributed by atoms with van der Waals surface area (Å²) in [5, 5.41) is 21.7. The van der Waals surface area contributed by atoms with Crippen LogP contribution in [0.5, 0.6) is 0 Å². The van der Waals surface area contributed by atoms with Gasteiger partial charge in [-0.1, -0.05) is 0 Å². The van der Waals surface area contributed by atoms with Crippen molar-refractivity contribution in [3.63, 3.8) is 0 Å². The number of carboxylic acids is 2. The van der Waals surface area contributed by atoms with E-state index >= 15 is 0 Å². The average molecular weight is 316 g/mol. The minimum absolute atomic E-state index is 0.351. The molecule has 1 amide bonds. The van der Waals surface area contributed by atoms with Crippen LogP contribution in [0.15, 0.2) is 12.1 Å². The second kappa shape index (κ2) is 7.34. The maximum Gasteiger partial charge on any atom is 0.326 e. The molecular weight excluding hydrogens is 302 g/mol. The molecule has 0 spiro atoms. The van der Waals surface area contributed by atoms with Gasteiger partial charge in [-0.25, -0.2) is 13.6 Å². The maximum atomic E-state index is 13.5. The van der Waals surface area contributed by atoms with Crippen molar-refractivity contribution in [2.75, 3.05) is 12.4 Å². The lowest BCUT2D eigenvalue weighted by Crippen LogP contribution is -2.41. The topological polar surface area (TPSA) is 116 Å². The van der Waals surface area contributed by atoms with E-state index in [1.54, 1.807) is 0 Å². The molecule has 22 heavy (non-hydrogen) atoms. The maximum absolute atomic E-state index is 13.5. The van der Waals surface area contributed by atoms with Crippen molar-refractivity contribution in [1.29, 1.82) is 0 Å². The minimum atomic E-state index is -1.47. The lowest BCUT2D eigenvalue weighted by Gasteiger charge is -2.14. The number of halogens is 2. The number of carbonyl (C=O) groups is 3. The van der Waals surface area contributed by atoms with E-state index in [-0.39, 0.29) is 6.42 Å². The van der Waals surface area contributed by atoms with E-state index < -0.39 is 53.2 Å². The Morgan fingerprint density at radius 2 is 1.73 bits per heavy atom. The summed E-state index contributed by atoms with van der Waals surface area (Å²) in [5.41, 5.74) is -0.826. The molecule has 0 saturated heterocycles. The lowest BCUT2D eigenvalue weighted by atomic mass is 10.1. The first-order valence-corrected chi connectivity index (χ1v) is 6.18. The quantitative estimate of drug-likeness (QED) is 0.598. The Bertz CT molecular complexity index is 583. The zero-order chi connectivity index (χ0) is 16.9. The van der Waals surface area contributed by atoms with Gasteiger partial charge in [0.25, 0.3) is 5.91 Å². The van der Waals surface area contributed by atoms with Gasteiger partial charge in [-0.3, -0.25) is 9.59 Å². The van der Waals surface area contributed by atoms with Gasteiger partial charge in [-0.05, 0) is 18.6 Å². The van der Waals surface area contributed by atoms with Crippen LogP contribution >= 0.6 is 0 Å². The van der Waals surface area contributed by atoms with Crippen molar-refractivity contribution < 1.29 is 33.4 Å². The smallest absolute Gasteiger partial charge is 0.326 e. The summed E-state index contributed by atoms with van der Waals surface area (Å²) in [5.74, 6) is -5.70.